The first-order valence-electron chi connectivity index (χ1n) is 4.88. The van der Waals surface area contributed by atoms with Gasteiger partial charge in [0, 0.05) is 18.3 Å². The predicted molar refractivity (Wildman–Crippen MR) is 60.3 cm³/mol. The van der Waals surface area contributed by atoms with Crippen LogP contribution < -0.4 is 11.3 Å². The summed E-state index contributed by atoms with van der Waals surface area (Å²) in [7, 11) is 0. The summed E-state index contributed by atoms with van der Waals surface area (Å²) in [6.07, 6.45) is 0. The van der Waals surface area contributed by atoms with Crippen LogP contribution >= 0.6 is 0 Å². The van der Waals surface area contributed by atoms with Crippen molar-refractivity contribution in [1.82, 2.24) is 4.98 Å². The van der Waals surface area contributed by atoms with Crippen LogP contribution in [-0.4, -0.2) is 4.98 Å². The summed E-state index contributed by atoms with van der Waals surface area (Å²) >= 11 is 0. The Morgan fingerprint density at radius 2 is 1.88 bits per heavy atom. The second-order valence-corrected chi connectivity index (χ2v) is 3.48. The lowest BCUT2D eigenvalue weighted by Gasteiger charge is -2.03. The molecule has 2 rings (SSSR count). The van der Waals surface area contributed by atoms with Crippen molar-refractivity contribution in [3.05, 3.63) is 58.1 Å². The molecule has 4 heteroatoms. The number of halogens is 1. The van der Waals surface area contributed by atoms with Crippen molar-refractivity contribution < 1.29 is 4.39 Å². The molecule has 3 N–H and O–H groups in total. The first-order valence-corrected chi connectivity index (χ1v) is 4.88. The van der Waals surface area contributed by atoms with E-state index in [9.17, 15) is 9.18 Å². The molecule has 0 fully saturated rings. The minimum atomic E-state index is -0.305. The van der Waals surface area contributed by atoms with Crippen molar-refractivity contribution in [2.75, 3.05) is 0 Å². The molecule has 1 heterocycles. The van der Waals surface area contributed by atoms with Gasteiger partial charge in [0.1, 0.15) is 5.82 Å². The highest BCUT2D eigenvalue weighted by Gasteiger charge is 2.01. The lowest BCUT2D eigenvalue weighted by atomic mass is 10.1. The Balaban J connectivity index is 2.51. The zero-order valence-corrected chi connectivity index (χ0v) is 8.53. The van der Waals surface area contributed by atoms with E-state index in [1.807, 2.05) is 0 Å². The van der Waals surface area contributed by atoms with Crippen LogP contribution in [-0.2, 0) is 6.54 Å². The van der Waals surface area contributed by atoms with E-state index in [2.05, 4.69) is 4.98 Å². The van der Waals surface area contributed by atoms with E-state index in [0.29, 0.717) is 12.2 Å². The van der Waals surface area contributed by atoms with Gasteiger partial charge in [-0.15, -0.1) is 0 Å². The first-order chi connectivity index (χ1) is 7.69. The lowest BCUT2D eigenvalue weighted by molar-refractivity contribution is 0.628. The SMILES string of the molecule is NCc1cc(-c2ccc(F)cc2)[nH]c(=O)c1. The zero-order chi connectivity index (χ0) is 11.5. The Labute approximate surface area is 91.7 Å². The summed E-state index contributed by atoms with van der Waals surface area (Å²) < 4.78 is 12.7. The number of hydrogen-bond acceptors (Lipinski definition) is 2. The van der Waals surface area contributed by atoms with Gasteiger partial charge in [0.05, 0.1) is 0 Å². The third-order valence-corrected chi connectivity index (χ3v) is 2.30. The highest BCUT2D eigenvalue weighted by Crippen LogP contribution is 2.16. The zero-order valence-electron chi connectivity index (χ0n) is 8.53. The van der Waals surface area contributed by atoms with Crippen molar-refractivity contribution in [3.8, 4) is 11.3 Å². The van der Waals surface area contributed by atoms with E-state index in [0.717, 1.165) is 11.1 Å². The first kappa shape index (κ1) is 10.6. The van der Waals surface area contributed by atoms with Crippen molar-refractivity contribution in [2.24, 2.45) is 5.73 Å². The summed E-state index contributed by atoms with van der Waals surface area (Å²) in [5.41, 5.74) is 7.43. The maximum absolute atomic E-state index is 12.7. The van der Waals surface area contributed by atoms with Gasteiger partial charge in [-0.1, -0.05) is 0 Å². The van der Waals surface area contributed by atoms with E-state index in [4.69, 9.17) is 5.73 Å². The quantitative estimate of drug-likeness (QED) is 0.805. The van der Waals surface area contributed by atoms with Gasteiger partial charge in [0.25, 0.3) is 0 Å². The van der Waals surface area contributed by atoms with E-state index in [1.54, 1.807) is 18.2 Å². The molecule has 0 bridgehead atoms. The standard InChI is InChI=1S/C12H11FN2O/c13-10-3-1-9(2-4-10)11-5-8(7-14)6-12(16)15-11/h1-6H,7,14H2,(H,15,16). The highest BCUT2D eigenvalue weighted by atomic mass is 19.1. The van der Waals surface area contributed by atoms with E-state index in [1.165, 1.54) is 18.2 Å². The fourth-order valence-electron chi connectivity index (χ4n) is 1.50. The molecule has 82 valence electrons. The van der Waals surface area contributed by atoms with Gasteiger partial charge < -0.3 is 10.7 Å². The maximum atomic E-state index is 12.7. The maximum Gasteiger partial charge on any atom is 0.248 e. The van der Waals surface area contributed by atoms with Gasteiger partial charge in [-0.2, -0.15) is 0 Å². The molecule has 2 aromatic rings. The van der Waals surface area contributed by atoms with E-state index < -0.39 is 0 Å². The van der Waals surface area contributed by atoms with Gasteiger partial charge >= 0.3 is 0 Å². The smallest absolute Gasteiger partial charge is 0.248 e. The Kier molecular flexibility index (Phi) is 2.83. The molecule has 0 amide bonds. The molecule has 0 aliphatic carbocycles. The number of rotatable bonds is 2. The number of pyridine rings is 1. The summed E-state index contributed by atoms with van der Waals surface area (Å²) in [6.45, 7) is 0.304. The van der Waals surface area contributed by atoms with Crippen LogP contribution in [0.5, 0.6) is 0 Å². The summed E-state index contributed by atoms with van der Waals surface area (Å²) in [5.74, 6) is -0.305. The van der Waals surface area contributed by atoms with Crippen LogP contribution in [0.4, 0.5) is 4.39 Å². The molecule has 1 aromatic heterocycles. The molecule has 0 atom stereocenters. The molecule has 0 aliphatic rings. The second kappa shape index (κ2) is 4.28. The molecule has 1 aromatic carbocycles. The molecule has 0 aliphatic heterocycles. The van der Waals surface area contributed by atoms with Crippen LogP contribution in [0.25, 0.3) is 11.3 Å². The van der Waals surface area contributed by atoms with Crippen LogP contribution in [0.2, 0.25) is 0 Å². The lowest BCUT2D eigenvalue weighted by Crippen LogP contribution is -2.09. The Morgan fingerprint density at radius 1 is 1.19 bits per heavy atom. The fraction of sp³-hybridized carbons (Fsp3) is 0.0833. The predicted octanol–water partition coefficient (Wildman–Crippen LogP) is 1.64. The van der Waals surface area contributed by atoms with Gasteiger partial charge in [-0.05, 0) is 41.5 Å². The van der Waals surface area contributed by atoms with Crippen LogP contribution in [0.15, 0.2) is 41.2 Å². The third kappa shape index (κ3) is 2.17. The monoisotopic (exact) mass is 218 g/mol. The molecule has 0 saturated carbocycles. The number of H-pyrrole nitrogens is 1. The number of aromatic amines is 1. The second-order valence-electron chi connectivity index (χ2n) is 3.48. The summed E-state index contributed by atoms with van der Waals surface area (Å²) in [6, 6.07) is 9.16. The Hall–Kier alpha value is -1.94. The third-order valence-electron chi connectivity index (χ3n) is 2.30. The molecular weight excluding hydrogens is 207 g/mol. The average molecular weight is 218 g/mol. The van der Waals surface area contributed by atoms with E-state index >= 15 is 0 Å². The minimum Gasteiger partial charge on any atom is -0.326 e. The van der Waals surface area contributed by atoms with Gasteiger partial charge in [-0.3, -0.25) is 4.79 Å². The van der Waals surface area contributed by atoms with Gasteiger partial charge in [-0.25, -0.2) is 4.39 Å². The average Bonchev–Trinajstić information content (AvgIpc) is 2.29. The number of nitrogens with one attached hydrogen (secondary N) is 1. The van der Waals surface area contributed by atoms with Crippen molar-refractivity contribution >= 4 is 0 Å². The van der Waals surface area contributed by atoms with Gasteiger partial charge in [0.15, 0.2) is 0 Å². The fourth-order valence-corrected chi connectivity index (χ4v) is 1.50. The molecule has 16 heavy (non-hydrogen) atoms. The molecule has 0 unspecified atom stereocenters. The molecule has 0 spiro atoms. The Bertz CT molecular complexity index is 546. The normalized spacial score (nSPS) is 10.4. The van der Waals surface area contributed by atoms with Crippen molar-refractivity contribution in [2.45, 2.75) is 6.54 Å². The molecule has 0 saturated heterocycles. The van der Waals surface area contributed by atoms with Crippen molar-refractivity contribution in [3.63, 3.8) is 0 Å². The molecule has 3 nitrogen and oxygen atoms in total. The number of aromatic nitrogens is 1. The number of benzene rings is 1. The molecule has 0 radical (unpaired) electrons. The topological polar surface area (TPSA) is 58.9 Å². The number of hydrogen-bond donors (Lipinski definition) is 2. The van der Waals surface area contributed by atoms with Gasteiger partial charge in [0.2, 0.25) is 5.56 Å². The van der Waals surface area contributed by atoms with Crippen LogP contribution in [0.3, 0.4) is 0 Å². The van der Waals surface area contributed by atoms with Crippen LogP contribution in [0.1, 0.15) is 5.56 Å². The minimum absolute atomic E-state index is 0.206. The van der Waals surface area contributed by atoms with Crippen LogP contribution in [0, 0.1) is 5.82 Å². The van der Waals surface area contributed by atoms with Crippen molar-refractivity contribution in [1.29, 1.82) is 0 Å². The summed E-state index contributed by atoms with van der Waals surface area (Å²) in [5, 5.41) is 0. The van der Waals surface area contributed by atoms with E-state index in [-0.39, 0.29) is 11.4 Å². The Morgan fingerprint density at radius 3 is 2.50 bits per heavy atom. The number of nitrogens with two attached hydrogens (primary N) is 1. The largest absolute Gasteiger partial charge is 0.326 e. The highest BCUT2D eigenvalue weighted by molar-refractivity contribution is 5.59. The molecular formula is C12H11FN2O. The summed E-state index contributed by atoms with van der Waals surface area (Å²) in [4.78, 5) is 14.0.